The Morgan fingerprint density at radius 1 is 1.30 bits per heavy atom. The largest absolute Gasteiger partial charge is 0.384 e. The fourth-order valence-corrected chi connectivity index (χ4v) is 5.17. The molecule has 2 atom stereocenters. The molecule has 2 aliphatic heterocycles. The first kappa shape index (κ1) is 18.8. The van der Waals surface area contributed by atoms with Crippen molar-refractivity contribution in [2.24, 2.45) is 0 Å². The Labute approximate surface area is 168 Å². The number of ether oxygens (including phenoxy) is 1. The van der Waals surface area contributed by atoms with Gasteiger partial charge in [0.25, 0.3) is 0 Å². The molecule has 0 aliphatic carbocycles. The van der Waals surface area contributed by atoms with Crippen molar-refractivity contribution in [2.45, 2.75) is 37.5 Å². The molecule has 0 amide bonds. The van der Waals surface area contributed by atoms with Crippen molar-refractivity contribution >= 4 is 35.0 Å². The van der Waals surface area contributed by atoms with Crippen LogP contribution >= 0.6 is 23.4 Å². The lowest BCUT2D eigenvalue weighted by Gasteiger charge is -2.35. The molecule has 0 aromatic carbocycles. The van der Waals surface area contributed by atoms with Crippen LogP contribution in [0.25, 0.3) is 11.4 Å². The van der Waals surface area contributed by atoms with E-state index in [4.69, 9.17) is 32.0 Å². The monoisotopic (exact) mass is 405 g/mol. The molecule has 2 aromatic rings. The molecule has 0 saturated carbocycles. The first-order chi connectivity index (χ1) is 12.9. The predicted molar refractivity (Wildman–Crippen MR) is 111 cm³/mol. The molecule has 2 unspecified atom stereocenters. The maximum atomic E-state index is 6.13. The Morgan fingerprint density at radius 2 is 2.15 bits per heavy atom. The van der Waals surface area contributed by atoms with Crippen molar-refractivity contribution < 1.29 is 4.74 Å². The van der Waals surface area contributed by atoms with Crippen LogP contribution in [0.3, 0.4) is 0 Å². The molecule has 2 aromatic heterocycles. The minimum atomic E-state index is 0.00430. The molecule has 6 nitrogen and oxygen atoms in total. The third kappa shape index (κ3) is 3.86. The van der Waals surface area contributed by atoms with Crippen molar-refractivity contribution in [1.82, 2.24) is 15.0 Å². The number of pyridine rings is 1. The molecule has 2 fully saturated rings. The van der Waals surface area contributed by atoms with Crippen LogP contribution < -0.4 is 10.6 Å². The van der Waals surface area contributed by atoms with Gasteiger partial charge in [0.15, 0.2) is 5.82 Å². The molecule has 0 radical (unpaired) electrons. The maximum Gasteiger partial charge on any atom is 0.162 e. The fraction of sp³-hybridized carbons (Fsp3) is 0.526. The summed E-state index contributed by atoms with van der Waals surface area (Å²) >= 11 is 8.10. The molecule has 2 aliphatic rings. The number of rotatable bonds is 3. The molecular formula is C19H24ClN5OS. The Bertz CT molecular complexity index is 823. The average Bonchev–Trinajstić information content (AvgIpc) is 3.09. The van der Waals surface area contributed by atoms with Gasteiger partial charge in [-0.25, -0.2) is 15.0 Å². The first-order valence-electron chi connectivity index (χ1n) is 9.26. The summed E-state index contributed by atoms with van der Waals surface area (Å²) in [6.07, 6.45) is 2.32. The van der Waals surface area contributed by atoms with E-state index in [1.807, 2.05) is 11.8 Å². The van der Waals surface area contributed by atoms with Crippen molar-refractivity contribution in [3.8, 4) is 11.4 Å². The molecular weight excluding hydrogens is 382 g/mol. The zero-order valence-corrected chi connectivity index (χ0v) is 17.2. The lowest BCUT2D eigenvalue weighted by molar-refractivity contribution is 0.0985. The van der Waals surface area contributed by atoms with Crippen LogP contribution in [-0.4, -0.2) is 46.5 Å². The molecule has 4 rings (SSSR count). The van der Waals surface area contributed by atoms with Crippen LogP contribution in [0.2, 0.25) is 5.15 Å². The summed E-state index contributed by atoms with van der Waals surface area (Å²) < 4.78 is 5.60. The number of aromatic nitrogens is 3. The third-order valence-corrected chi connectivity index (χ3v) is 6.94. The van der Waals surface area contributed by atoms with Gasteiger partial charge in [0.1, 0.15) is 16.8 Å². The van der Waals surface area contributed by atoms with Crippen LogP contribution in [0, 0.1) is 0 Å². The topological polar surface area (TPSA) is 77.2 Å². The Hall–Kier alpha value is -1.57. The molecule has 0 spiro atoms. The Balaban J connectivity index is 1.83. The number of morpholine rings is 1. The van der Waals surface area contributed by atoms with Crippen molar-refractivity contribution in [1.29, 1.82) is 0 Å². The van der Waals surface area contributed by atoms with Gasteiger partial charge in [-0.2, -0.15) is 0 Å². The van der Waals surface area contributed by atoms with E-state index in [1.165, 1.54) is 6.42 Å². The van der Waals surface area contributed by atoms with Gasteiger partial charge >= 0.3 is 0 Å². The second kappa shape index (κ2) is 7.45. The van der Waals surface area contributed by atoms with Gasteiger partial charge in [-0.05, 0) is 44.6 Å². The lowest BCUT2D eigenvalue weighted by Crippen LogP contribution is -2.44. The molecule has 2 saturated heterocycles. The van der Waals surface area contributed by atoms with E-state index in [2.05, 4.69) is 29.8 Å². The summed E-state index contributed by atoms with van der Waals surface area (Å²) in [5, 5.41) is 0.349. The number of hydrogen-bond acceptors (Lipinski definition) is 7. The number of hydrogen-bond donors (Lipinski definition) is 1. The van der Waals surface area contributed by atoms with Crippen LogP contribution in [-0.2, 0) is 9.48 Å². The van der Waals surface area contributed by atoms with E-state index in [0.717, 1.165) is 35.8 Å². The minimum absolute atomic E-state index is 0.00430. The zero-order valence-electron chi connectivity index (χ0n) is 15.6. The number of nitrogens with zero attached hydrogens (tertiary/aromatic N) is 4. The highest BCUT2D eigenvalue weighted by molar-refractivity contribution is 8.00. The second-order valence-corrected chi connectivity index (χ2v) is 9.32. The predicted octanol–water partition coefficient (Wildman–Crippen LogP) is 3.74. The van der Waals surface area contributed by atoms with Crippen molar-refractivity contribution in [3.05, 3.63) is 29.0 Å². The molecule has 2 N–H and O–H groups in total. The summed E-state index contributed by atoms with van der Waals surface area (Å²) in [6, 6.07) is 5.97. The highest BCUT2D eigenvalue weighted by Gasteiger charge is 2.34. The average molecular weight is 406 g/mol. The molecule has 4 heterocycles. The van der Waals surface area contributed by atoms with Crippen molar-refractivity contribution in [2.75, 3.05) is 36.1 Å². The van der Waals surface area contributed by atoms with Gasteiger partial charge in [-0.1, -0.05) is 11.6 Å². The van der Waals surface area contributed by atoms with Gasteiger partial charge < -0.3 is 15.4 Å². The molecule has 8 heteroatoms. The second-order valence-electron chi connectivity index (χ2n) is 7.34. The SMILES string of the molecule is CC1COCCN1c1cc(C2(C)CCCS2)nc(-c2cc(N)nc(Cl)c2)n1. The Kier molecular flexibility index (Phi) is 5.18. The summed E-state index contributed by atoms with van der Waals surface area (Å²) in [7, 11) is 0. The van der Waals surface area contributed by atoms with Crippen LogP contribution in [0.5, 0.6) is 0 Å². The fourth-order valence-electron chi connectivity index (χ4n) is 3.68. The van der Waals surface area contributed by atoms with E-state index in [1.54, 1.807) is 12.1 Å². The normalized spacial score (nSPS) is 25.7. The van der Waals surface area contributed by atoms with Gasteiger partial charge in [0, 0.05) is 18.2 Å². The maximum absolute atomic E-state index is 6.13. The van der Waals surface area contributed by atoms with E-state index >= 15 is 0 Å². The number of anilines is 2. The van der Waals surface area contributed by atoms with Crippen molar-refractivity contribution in [3.63, 3.8) is 0 Å². The highest BCUT2D eigenvalue weighted by Crippen LogP contribution is 2.46. The number of nitrogen functional groups attached to an aromatic ring is 1. The smallest absolute Gasteiger partial charge is 0.162 e. The van der Waals surface area contributed by atoms with Crippen LogP contribution in [0.4, 0.5) is 11.6 Å². The summed E-state index contributed by atoms with van der Waals surface area (Å²) in [4.78, 5) is 16.2. The highest BCUT2D eigenvalue weighted by atomic mass is 35.5. The summed E-state index contributed by atoms with van der Waals surface area (Å²) in [6.45, 7) is 6.67. The van der Waals surface area contributed by atoms with E-state index < -0.39 is 0 Å². The van der Waals surface area contributed by atoms with E-state index in [9.17, 15) is 0 Å². The quantitative estimate of drug-likeness (QED) is 0.779. The Morgan fingerprint density at radius 3 is 2.85 bits per heavy atom. The zero-order chi connectivity index (χ0) is 19.0. The molecule has 27 heavy (non-hydrogen) atoms. The summed E-state index contributed by atoms with van der Waals surface area (Å²) in [5.41, 5.74) is 7.76. The molecule has 144 valence electrons. The standard InChI is InChI=1S/C19H24ClN5OS/c1-12-11-26-6-5-25(12)17-10-14(19(2)4-3-7-27-19)22-18(24-17)13-8-15(20)23-16(21)9-13/h8-10,12H,3-7,11H2,1-2H3,(H2,21,23). The van der Waals surface area contributed by atoms with Gasteiger partial charge in [0.2, 0.25) is 0 Å². The van der Waals surface area contributed by atoms with Crippen LogP contribution in [0.1, 0.15) is 32.4 Å². The van der Waals surface area contributed by atoms with E-state index in [-0.39, 0.29) is 10.8 Å². The minimum Gasteiger partial charge on any atom is -0.384 e. The van der Waals surface area contributed by atoms with Crippen LogP contribution in [0.15, 0.2) is 18.2 Å². The lowest BCUT2D eigenvalue weighted by atomic mass is 10.0. The van der Waals surface area contributed by atoms with Gasteiger partial charge in [-0.3, -0.25) is 0 Å². The number of thioether (sulfide) groups is 1. The van der Waals surface area contributed by atoms with E-state index in [0.29, 0.717) is 30.0 Å². The van der Waals surface area contributed by atoms with Gasteiger partial charge in [0.05, 0.1) is 29.7 Å². The first-order valence-corrected chi connectivity index (χ1v) is 10.6. The molecule has 0 bridgehead atoms. The number of nitrogens with two attached hydrogens (primary N) is 1. The third-order valence-electron chi connectivity index (χ3n) is 5.21. The number of halogens is 1. The van der Waals surface area contributed by atoms with Gasteiger partial charge in [-0.15, -0.1) is 11.8 Å². The summed E-state index contributed by atoms with van der Waals surface area (Å²) in [5.74, 6) is 3.11.